The summed E-state index contributed by atoms with van der Waals surface area (Å²) in [5.41, 5.74) is 2.15. The van der Waals surface area contributed by atoms with Gasteiger partial charge in [0.2, 0.25) is 5.91 Å². The average Bonchev–Trinajstić information content (AvgIpc) is 2.80. The minimum atomic E-state index is 0.00321. The van der Waals surface area contributed by atoms with Gasteiger partial charge in [-0.2, -0.15) is 0 Å². The third-order valence-corrected chi connectivity index (χ3v) is 3.41. The summed E-state index contributed by atoms with van der Waals surface area (Å²) >= 11 is 0. The van der Waals surface area contributed by atoms with Crippen molar-refractivity contribution in [1.82, 2.24) is 14.9 Å². The van der Waals surface area contributed by atoms with Gasteiger partial charge in [0.1, 0.15) is 5.82 Å². The normalized spacial score (nSPS) is 11.2. The highest BCUT2D eigenvalue weighted by Crippen LogP contribution is 2.17. The lowest BCUT2D eigenvalue weighted by molar-refractivity contribution is -0.124. The average molecular weight is 273 g/mol. The van der Waals surface area contributed by atoms with Crippen molar-refractivity contribution in [2.45, 2.75) is 46.7 Å². The maximum absolute atomic E-state index is 11.7. The van der Waals surface area contributed by atoms with Crippen LogP contribution in [0.3, 0.4) is 0 Å². The lowest BCUT2D eigenvalue weighted by atomic mass is 10.2. The van der Waals surface area contributed by atoms with E-state index in [0.717, 1.165) is 36.2 Å². The van der Waals surface area contributed by atoms with Crippen molar-refractivity contribution >= 4 is 16.9 Å². The fraction of sp³-hybridized carbons (Fsp3) is 0.500. The van der Waals surface area contributed by atoms with Crippen molar-refractivity contribution in [3.63, 3.8) is 0 Å². The number of aromatic nitrogens is 2. The number of hydrogen-bond acceptors (Lipinski definition) is 2. The van der Waals surface area contributed by atoms with Crippen LogP contribution in [0, 0.1) is 5.92 Å². The molecule has 1 aromatic heterocycles. The molecule has 0 spiro atoms. The molecule has 0 aliphatic heterocycles. The number of para-hydroxylation sites is 2. The van der Waals surface area contributed by atoms with Crippen LogP contribution in [0.5, 0.6) is 0 Å². The number of carbonyl (C=O) groups excluding carboxylic acids is 1. The SMILES string of the molecule is CCCCn1c(CNC(=O)C(C)C)nc2ccccc21. The maximum Gasteiger partial charge on any atom is 0.222 e. The van der Waals surface area contributed by atoms with Gasteiger partial charge in [-0.3, -0.25) is 4.79 Å². The number of nitrogens with zero attached hydrogens (tertiary/aromatic N) is 2. The van der Waals surface area contributed by atoms with Crippen LogP contribution in [0.15, 0.2) is 24.3 Å². The smallest absolute Gasteiger partial charge is 0.222 e. The van der Waals surface area contributed by atoms with Gasteiger partial charge in [-0.15, -0.1) is 0 Å². The summed E-state index contributed by atoms with van der Waals surface area (Å²) in [6.07, 6.45) is 2.26. The Labute approximate surface area is 120 Å². The fourth-order valence-electron chi connectivity index (χ4n) is 2.20. The summed E-state index contributed by atoms with van der Waals surface area (Å²) in [7, 11) is 0. The Morgan fingerprint density at radius 1 is 1.35 bits per heavy atom. The molecule has 0 saturated heterocycles. The van der Waals surface area contributed by atoms with Crippen LogP contribution >= 0.6 is 0 Å². The van der Waals surface area contributed by atoms with Crippen molar-refractivity contribution in [1.29, 1.82) is 0 Å². The van der Waals surface area contributed by atoms with E-state index in [2.05, 4.69) is 27.9 Å². The summed E-state index contributed by atoms with van der Waals surface area (Å²) < 4.78 is 2.22. The number of nitrogens with one attached hydrogen (secondary N) is 1. The third kappa shape index (κ3) is 3.18. The molecule has 1 N–H and O–H groups in total. The number of unbranched alkanes of at least 4 members (excludes halogenated alkanes) is 1. The van der Waals surface area contributed by atoms with E-state index in [1.807, 2.05) is 32.0 Å². The minimum absolute atomic E-state index is 0.00321. The summed E-state index contributed by atoms with van der Waals surface area (Å²) in [5, 5.41) is 2.95. The van der Waals surface area contributed by atoms with Gasteiger partial charge in [0.25, 0.3) is 0 Å². The molecule has 1 amide bonds. The van der Waals surface area contributed by atoms with Crippen LogP contribution in [0.1, 0.15) is 39.4 Å². The van der Waals surface area contributed by atoms with Crippen molar-refractivity contribution in [3.8, 4) is 0 Å². The highest BCUT2D eigenvalue weighted by atomic mass is 16.1. The lowest BCUT2D eigenvalue weighted by Gasteiger charge is -2.10. The molecule has 108 valence electrons. The molecule has 0 aliphatic carbocycles. The molecular weight excluding hydrogens is 250 g/mol. The number of aryl methyl sites for hydroxylation is 1. The van der Waals surface area contributed by atoms with Crippen molar-refractivity contribution in [2.24, 2.45) is 5.92 Å². The van der Waals surface area contributed by atoms with E-state index < -0.39 is 0 Å². The predicted octanol–water partition coefficient (Wildman–Crippen LogP) is 3.11. The first-order valence-electron chi connectivity index (χ1n) is 7.35. The maximum atomic E-state index is 11.7. The zero-order valence-electron chi connectivity index (χ0n) is 12.5. The van der Waals surface area contributed by atoms with Crippen molar-refractivity contribution in [3.05, 3.63) is 30.1 Å². The van der Waals surface area contributed by atoms with Gasteiger partial charge >= 0.3 is 0 Å². The molecule has 0 saturated carbocycles. The second-order valence-electron chi connectivity index (χ2n) is 5.39. The number of amides is 1. The Balaban J connectivity index is 2.24. The molecule has 1 heterocycles. The van der Waals surface area contributed by atoms with Crippen LogP contribution in [0.25, 0.3) is 11.0 Å². The second-order valence-corrected chi connectivity index (χ2v) is 5.39. The molecule has 0 atom stereocenters. The van der Waals surface area contributed by atoms with E-state index in [9.17, 15) is 4.79 Å². The van der Waals surface area contributed by atoms with Crippen LogP contribution in [-0.2, 0) is 17.9 Å². The Bertz CT molecular complexity index is 586. The Kier molecular flexibility index (Phi) is 4.77. The van der Waals surface area contributed by atoms with Gasteiger partial charge in [0, 0.05) is 12.5 Å². The van der Waals surface area contributed by atoms with Gasteiger partial charge in [-0.1, -0.05) is 39.3 Å². The summed E-state index contributed by atoms with van der Waals surface area (Å²) in [4.78, 5) is 16.4. The first-order valence-corrected chi connectivity index (χ1v) is 7.35. The van der Waals surface area contributed by atoms with Crippen molar-refractivity contribution < 1.29 is 4.79 Å². The number of imidazole rings is 1. The largest absolute Gasteiger partial charge is 0.349 e. The Morgan fingerprint density at radius 2 is 2.10 bits per heavy atom. The monoisotopic (exact) mass is 273 g/mol. The van der Waals surface area contributed by atoms with Crippen LogP contribution in [0.2, 0.25) is 0 Å². The summed E-state index contributed by atoms with van der Waals surface area (Å²) in [5.74, 6) is 1.01. The molecule has 20 heavy (non-hydrogen) atoms. The molecule has 0 radical (unpaired) electrons. The first kappa shape index (κ1) is 14.6. The molecule has 0 aliphatic rings. The van der Waals surface area contributed by atoms with E-state index in [0.29, 0.717) is 6.54 Å². The summed E-state index contributed by atoms with van der Waals surface area (Å²) in [6, 6.07) is 8.14. The number of rotatable bonds is 6. The van der Waals surface area contributed by atoms with Gasteiger partial charge in [-0.25, -0.2) is 4.98 Å². The molecule has 2 aromatic rings. The van der Waals surface area contributed by atoms with E-state index in [1.165, 1.54) is 0 Å². The number of fused-ring (bicyclic) bond motifs is 1. The standard InChI is InChI=1S/C16H23N3O/c1-4-5-10-19-14-9-7-6-8-13(14)18-15(19)11-17-16(20)12(2)3/h6-9,12H,4-5,10-11H2,1-3H3,(H,17,20). The predicted molar refractivity (Wildman–Crippen MR) is 81.3 cm³/mol. The molecule has 0 fully saturated rings. The Hall–Kier alpha value is -1.84. The van der Waals surface area contributed by atoms with Gasteiger partial charge in [0.05, 0.1) is 17.6 Å². The first-order chi connectivity index (χ1) is 9.63. The van der Waals surface area contributed by atoms with Gasteiger partial charge < -0.3 is 9.88 Å². The molecule has 1 aromatic carbocycles. The summed E-state index contributed by atoms with van der Waals surface area (Å²) in [6.45, 7) is 7.42. The zero-order valence-corrected chi connectivity index (χ0v) is 12.5. The van der Waals surface area contributed by atoms with Crippen LogP contribution in [0.4, 0.5) is 0 Å². The minimum Gasteiger partial charge on any atom is -0.349 e. The Morgan fingerprint density at radius 3 is 2.80 bits per heavy atom. The quantitative estimate of drug-likeness (QED) is 0.879. The van der Waals surface area contributed by atoms with Crippen LogP contribution in [-0.4, -0.2) is 15.5 Å². The molecule has 0 unspecified atom stereocenters. The van der Waals surface area contributed by atoms with Crippen LogP contribution < -0.4 is 5.32 Å². The number of benzene rings is 1. The topological polar surface area (TPSA) is 46.9 Å². The zero-order chi connectivity index (χ0) is 14.5. The fourth-order valence-corrected chi connectivity index (χ4v) is 2.20. The molecular formula is C16H23N3O. The lowest BCUT2D eigenvalue weighted by Crippen LogP contribution is -2.28. The van der Waals surface area contributed by atoms with E-state index in [1.54, 1.807) is 0 Å². The van der Waals surface area contributed by atoms with E-state index in [-0.39, 0.29) is 11.8 Å². The molecule has 0 bridgehead atoms. The second kappa shape index (κ2) is 6.55. The van der Waals surface area contributed by atoms with E-state index >= 15 is 0 Å². The highest BCUT2D eigenvalue weighted by Gasteiger charge is 2.12. The molecule has 2 rings (SSSR count). The highest BCUT2D eigenvalue weighted by molar-refractivity contribution is 5.78. The third-order valence-electron chi connectivity index (χ3n) is 3.41. The number of hydrogen-bond donors (Lipinski definition) is 1. The molecule has 4 heteroatoms. The van der Waals surface area contributed by atoms with Gasteiger partial charge in [0.15, 0.2) is 0 Å². The van der Waals surface area contributed by atoms with Gasteiger partial charge in [-0.05, 0) is 18.6 Å². The number of carbonyl (C=O) groups is 1. The van der Waals surface area contributed by atoms with Crippen molar-refractivity contribution in [2.75, 3.05) is 0 Å². The molecule has 4 nitrogen and oxygen atoms in total. The van der Waals surface area contributed by atoms with E-state index in [4.69, 9.17) is 0 Å².